The molecule has 1 aliphatic rings. The molecule has 1 aromatic carbocycles. The molecular formula is C16H20N2O5. The maximum Gasteiger partial charge on any atom is 0.311 e. The number of nitrogens with zero attached hydrogens (tertiary/aromatic N) is 2. The second-order valence-electron chi connectivity index (χ2n) is 5.82. The number of carbonyl (C=O) groups excluding carboxylic acids is 2. The molecule has 0 unspecified atom stereocenters. The molecule has 7 heteroatoms. The quantitative estimate of drug-likeness (QED) is 0.472. The van der Waals surface area contributed by atoms with Gasteiger partial charge in [-0.1, -0.05) is 0 Å². The molecule has 0 spiro atoms. The first-order chi connectivity index (χ1) is 10.9. The van der Waals surface area contributed by atoms with Crippen LogP contribution in [0.3, 0.4) is 0 Å². The van der Waals surface area contributed by atoms with Crippen molar-refractivity contribution in [1.29, 1.82) is 0 Å². The lowest BCUT2D eigenvalue weighted by Crippen LogP contribution is -2.49. The first-order valence-corrected chi connectivity index (χ1v) is 7.61. The van der Waals surface area contributed by atoms with E-state index in [2.05, 4.69) is 0 Å². The van der Waals surface area contributed by atoms with Gasteiger partial charge in [-0.2, -0.15) is 0 Å². The summed E-state index contributed by atoms with van der Waals surface area (Å²) >= 11 is 0. The van der Waals surface area contributed by atoms with Crippen LogP contribution >= 0.6 is 0 Å². The second-order valence-corrected chi connectivity index (χ2v) is 5.82. The van der Waals surface area contributed by atoms with Gasteiger partial charge in [0, 0.05) is 23.7 Å². The largest absolute Gasteiger partial charge is 0.477 e. The van der Waals surface area contributed by atoms with E-state index in [4.69, 9.17) is 4.74 Å². The molecule has 1 amide bonds. The maximum atomic E-state index is 12.4. The SMILES string of the molecule is C[C@H]1CCC[C@H](C)N1C(=O)COc1ccc(C=O)cc1[N+](=O)[O-]. The first kappa shape index (κ1) is 16.9. The fraction of sp³-hybridized carbons (Fsp3) is 0.500. The van der Waals surface area contributed by atoms with Gasteiger partial charge in [0.2, 0.25) is 0 Å². The summed E-state index contributed by atoms with van der Waals surface area (Å²) in [7, 11) is 0. The number of amides is 1. The molecule has 1 aliphatic heterocycles. The predicted octanol–water partition coefficient (Wildman–Crippen LogP) is 2.58. The third-order valence-electron chi connectivity index (χ3n) is 4.15. The smallest absolute Gasteiger partial charge is 0.311 e. The van der Waals surface area contributed by atoms with Gasteiger partial charge >= 0.3 is 5.69 Å². The molecule has 2 atom stereocenters. The van der Waals surface area contributed by atoms with Crippen LogP contribution in [0.5, 0.6) is 5.75 Å². The van der Waals surface area contributed by atoms with Crippen molar-refractivity contribution in [3.05, 3.63) is 33.9 Å². The van der Waals surface area contributed by atoms with Gasteiger partial charge in [-0.15, -0.1) is 0 Å². The van der Waals surface area contributed by atoms with Crippen molar-refractivity contribution >= 4 is 17.9 Å². The van der Waals surface area contributed by atoms with E-state index < -0.39 is 4.92 Å². The highest BCUT2D eigenvalue weighted by Crippen LogP contribution is 2.28. The summed E-state index contributed by atoms with van der Waals surface area (Å²) < 4.78 is 5.36. The molecule has 0 saturated carbocycles. The van der Waals surface area contributed by atoms with Crippen LogP contribution in [0.2, 0.25) is 0 Å². The van der Waals surface area contributed by atoms with Gasteiger partial charge in [-0.25, -0.2) is 0 Å². The summed E-state index contributed by atoms with van der Waals surface area (Å²) in [5.74, 6) is -0.190. The van der Waals surface area contributed by atoms with Gasteiger partial charge in [-0.3, -0.25) is 19.7 Å². The first-order valence-electron chi connectivity index (χ1n) is 7.61. The minimum absolute atomic E-state index is 0.00809. The topological polar surface area (TPSA) is 89.8 Å². The van der Waals surface area contributed by atoms with Crippen LogP contribution < -0.4 is 4.74 Å². The summed E-state index contributed by atoms with van der Waals surface area (Å²) in [5.41, 5.74) is -0.129. The molecule has 1 fully saturated rings. The van der Waals surface area contributed by atoms with Crippen LogP contribution in [0.4, 0.5) is 5.69 Å². The Bertz CT molecular complexity index is 606. The molecule has 1 aromatic rings. The van der Waals surface area contributed by atoms with Gasteiger partial charge in [0.25, 0.3) is 5.91 Å². The minimum Gasteiger partial charge on any atom is -0.477 e. The van der Waals surface area contributed by atoms with Crippen molar-refractivity contribution in [2.24, 2.45) is 0 Å². The summed E-state index contributed by atoms with van der Waals surface area (Å²) in [6.45, 7) is 3.74. The Morgan fingerprint density at radius 1 is 1.39 bits per heavy atom. The molecule has 0 N–H and O–H groups in total. The number of hydrogen-bond donors (Lipinski definition) is 0. The van der Waals surface area contributed by atoms with Crippen molar-refractivity contribution in [2.75, 3.05) is 6.61 Å². The van der Waals surface area contributed by atoms with E-state index in [1.165, 1.54) is 12.1 Å². The highest BCUT2D eigenvalue weighted by Gasteiger charge is 2.29. The number of aldehydes is 1. The molecule has 1 heterocycles. The minimum atomic E-state index is -0.626. The summed E-state index contributed by atoms with van der Waals surface area (Å²) in [6, 6.07) is 4.19. The summed E-state index contributed by atoms with van der Waals surface area (Å²) in [4.78, 5) is 35.3. The van der Waals surface area contributed by atoms with Gasteiger partial charge in [0.15, 0.2) is 12.4 Å². The molecule has 1 saturated heterocycles. The number of hydrogen-bond acceptors (Lipinski definition) is 5. The molecular weight excluding hydrogens is 300 g/mol. The number of nitro groups is 1. The zero-order chi connectivity index (χ0) is 17.0. The van der Waals surface area contributed by atoms with Crippen molar-refractivity contribution in [1.82, 2.24) is 4.90 Å². The van der Waals surface area contributed by atoms with E-state index in [9.17, 15) is 19.7 Å². The lowest BCUT2D eigenvalue weighted by molar-refractivity contribution is -0.385. The third kappa shape index (κ3) is 3.85. The highest BCUT2D eigenvalue weighted by molar-refractivity contribution is 5.79. The van der Waals surface area contributed by atoms with Crippen LogP contribution in [0, 0.1) is 10.1 Å². The Morgan fingerprint density at radius 2 is 2.04 bits per heavy atom. The summed E-state index contributed by atoms with van der Waals surface area (Å²) in [6.07, 6.45) is 3.51. The van der Waals surface area contributed by atoms with E-state index in [0.29, 0.717) is 6.29 Å². The van der Waals surface area contributed by atoms with E-state index in [0.717, 1.165) is 25.3 Å². The zero-order valence-electron chi connectivity index (χ0n) is 13.2. The number of ether oxygens (including phenoxy) is 1. The standard InChI is InChI=1S/C16H20N2O5/c1-11-4-3-5-12(2)17(11)16(20)10-23-15-7-6-13(9-19)8-14(15)18(21)22/h6-9,11-12H,3-5,10H2,1-2H3/t11-,12-/m0/s1. The number of nitro benzene ring substituents is 1. The third-order valence-corrected chi connectivity index (χ3v) is 4.15. The monoisotopic (exact) mass is 320 g/mol. The Hall–Kier alpha value is -2.44. The van der Waals surface area contributed by atoms with Crippen LogP contribution in [-0.4, -0.2) is 40.7 Å². The molecule has 0 radical (unpaired) electrons. The Kier molecular flexibility index (Phi) is 5.31. The van der Waals surface area contributed by atoms with E-state index in [1.807, 2.05) is 13.8 Å². The summed E-state index contributed by atoms with van der Waals surface area (Å²) in [5, 5.41) is 11.1. The van der Waals surface area contributed by atoms with Gasteiger partial charge in [0.1, 0.15) is 6.29 Å². The van der Waals surface area contributed by atoms with E-state index in [1.54, 1.807) is 4.90 Å². The molecule has 0 bridgehead atoms. The van der Waals surface area contributed by atoms with Gasteiger partial charge in [0.05, 0.1) is 4.92 Å². The molecule has 23 heavy (non-hydrogen) atoms. The number of rotatable bonds is 5. The predicted molar refractivity (Wildman–Crippen MR) is 83.6 cm³/mol. The van der Waals surface area contributed by atoms with Gasteiger partial charge in [-0.05, 0) is 45.2 Å². The fourth-order valence-corrected chi connectivity index (χ4v) is 3.00. The molecule has 2 rings (SSSR count). The van der Waals surface area contributed by atoms with Crippen LogP contribution in [0.15, 0.2) is 18.2 Å². The van der Waals surface area contributed by atoms with Crippen LogP contribution in [0.1, 0.15) is 43.5 Å². The van der Waals surface area contributed by atoms with E-state index >= 15 is 0 Å². The lowest BCUT2D eigenvalue weighted by atomic mass is 9.97. The molecule has 0 aliphatic carbocycles. The van der Waals surface area contributed by atoms with Gasteiger partial charge < -0.3 is 9.64 Å². The lowest BCUT2D eigenvalue weighted by Gasteiger charge is -2.38. The Labute approximate surface area is 134 Å². The van der Waals surface area contributed by atoms with Crippen molar-refractivity contribution in [3.63, 3.8) is 0 Å². The number of likely N-dealkylation sites (tertiary alicyclic amines) is 1. The normalized spacial score (nSPS) is 20.9. The molecule has 0 aromatic heterocycles. The van der Waals surface area contributed by atoms with Crippen LogP contribution in [-0.2, 0) is 4.79 Å². The Balaban J connectivity index is 2.09. The fourth-order valence-electron chi connectivity index (χ4n) is 3.00. The zero-order valence-corrected chi connectivity index (χ0v) is 13.2. The molecule has 7 nitrogen and oxygen atoms in total. The van der Waals surface area contributed by atoms with Crippen LogP contribution in [0.25, 0.3) is 0 Å². The van der Waals surface area contributed by atoms with Crippen molar-refractivity contribution in [2.45, 2.75) is 45.2 Å². The Morgan fingerprint density at radius 3 is 2.61 bits per heavy atom. The second kappa shape index (κ2) is 7.21. The number of benzene rings is 1. The van der Waals surface area contributed by atoms with E-state index in [-0.39, 0.29) is 41.6 Å². The van der Waals surface area contributed by atoms with Crippen molar-refractivity contribution < 1.29 is 19.2 Å². The number of carbonyl (C=O) groups is 2. The maximum absolute atomic E-state index is 12.4. The molecule has 124 valence electrons. The highest BCUT2D eigenvalue weighted by atomic mass is 16.6. The average molecular weight is 320 g/mol. The number of piperidine rings is 1. The average Bonchev–Trinajstić information content (AvgIpc) is 2.52. The van der Waals surface area contributed by atoms with Crippen molar-refractivity contribution in [3.8, 4) is 5.75 Å².